The number of hydrogen-bond acceptors (Lipinski definition) is 2. The van der Waals surface area contributed by atoms with Crippen LogP contribution < -0.4 is 5.73 Å². The summed E-state index contributed by atoms with van der Waals surface area (Å²) in [6, 6.07) is 6.45. The SMILES string of the molecule is CC(C)(N)c1cncn1Cc1ccc(F)cc1. The second-order valence-electron chi connectivity index (χ2n) is 4.75. The zero-order valence-corrected chi connectivity index (χ0v) is 10.0. The van der Waals surface area contributed by atoms with E-state index in [9.17, 15) is 4.39 Å². The smallest absolute Gasteiger partial charge is 0.123 e. The van der Waals surface area contributed by atoms with Gasteiger partial charge in [0.2, 0.25) is 0 Å². The van der Waals surface area contributed by atoms with Gasteiger partial charge in [-0.1, -0.05) is 12.1 Å². The van der Waals surface area contributed by atoms with E-state index in [4.69, 9.17) is 5.73 Å². The maximum Gasteiger partial charge on any atom is 0.123 e. The van der Waals surface area contributed by atoms with Gasteiger partial charge < -0.3 is 10.3 Å². The van der Waals surface area contributed by atoms with Crippen LogP contribution in [-0.4, -0.2) is 9.55 Å². The van der Waals surface area contributed by atoms with Gasteiger partial charge in [0.25, 0.3) is 0 Å². The van der Waals surface area contributed by atoms with E-state index < -0.39 is 5.54 Å². The molecule has 0 atom stereocenters. The van der Waals surface area contributed by atoms with E-state index >= 15 is 0 Å². The number of nitrogens with two attached hydrogens (primary N) is 1. The van der Waals surface area contributed by atoms with Crippen molar-refractivity contribution < 1.29 is 4.39 Å². The van der Waals surface area contributed by atoms with Crippen LogP contribution in [0, 0.1) is 5.82 Å². The van der Waals surface area contributed by atoms with Crippen molar-refractivity contribution in [1.29, 1.82) is 0 Å². The summed E-state index contributed by atoms with van der Waals surface area (Å²) in [6.07, 6.45) is 3.51. The highest BCUT2D eigenvalue weighted by molar-refractivity contribution is 5.19. The van der Waals surface area contributed by atoms with Crippen LogP contribution >= 0.6 is 0 Å². The molecule has 4 heteroatoms. The fraction of sp³-hybridized carbons (Fsp3) is 0.308. The average Bonchev–Trinajstić information content (AvgIpc) is 2.69. The molecule has 0 radical (unpaired) electrons. The number of halogens is 1. The standard InChI is InChI=1S/C13H16FN3/c1-13(2,15)12-7-16-9-17(12)8-10-3-5-11(14)6-4-10/h3-7,9H,8,15H2,1-2H3. The monoisotopic (exact) mass is 233 g/mol. The fourth-order valence-electron chi connectivity index (χ4n) is 1.77. The number of benzene rings is 1. The van der Waals surface area contributed by atoms with Crippen LogP contribution in [0.1, 0.15) is 25.1 Å². The minimum atomic E-state index is -0.434. The largest absolute Gasteiger partial charge is 0.328 e. The summed E-state index contributed by atoms with van der Waals surface area (Å²) in [7, 11) is 0. The molecule has 0 aliphatic rings. The molecule has 1 heterocycles. The summed E-state index contributed by atoms with van der Waals surface area (Å²) in [6.45, 7) is 4.52. The third-order valence-electron chi connectivity index (χ3n) is 2.64. The van der Waals surface area contributed by atoms with Crippen LogP contribution in [0.15, 0.2) is 36.8 Å². The molecule has 0 saturated heterocycles. The highest BCUT2D eigenvalue weighted by Crippen LogP contribution is 2.17. The van der Waals surface area contributed by atoms with Gasteiger partial charge >= 0.3 is 0 Å². The van der Waals surface area contributed by atoms with E-state index in [0.717, 1.165) is 11.3 Å². The van der Waals surface area contributed by atoms with E-state index in [2.05, 4.69) is 4.98 Å². The van der Waals surface area contributed by atoms with Crippen LogP contribution in [0.4, 0.5) is 4.39 Å². The summed E-state index contributed by atoms with van der Waals surface area (Å²) in [4.78, 5) is 4.11. The Bertz CT molecular complexity index is 494. The van der Waals surface area contributed by atoms with E-state index in [-0.39, 0.29) is 5.82 Å². The van der Waals surface area contributed by atoms with Crippen molar-refractivity contribution in [3.63, 3.8) is 0 Å². The second-order valence-corrected chi connectivity index (χ2v) is 4.75. The zero-order chi connectivity index (χ0) is 12.5. The summed E-state index contributed by atoms with van der Waals surface area (Å²) in [5, 5.41) is 0. The number of rotatable bonds is 3. The number of aromatic nitrogens is 2. The van der Waals surface area contributed by atoms with Gasteiger partial charge in [0.15, 0.2) is 0 Å². The first kappa shape index (κ1) is 11.8. The molecule has 0 aliphatic carbocycles. The molecule has 0 aliphatic heterocycles. The van der Waals surface area contributed by atoms with Crippen molar-refractivity contribution in [3.05, 3.63) is 53.9 Å². The predicted molar refractivity (Wildman–Crippen MR) is 64.9 cm³/mol. The van der Waals surface area contributed by atoms with Crippen molar-refractivity contribution in [3.8, 4) is 0 Å². The van der Waals surface area contributed by atoms with Crippen LogP contribution in [-0.2, 0) is 12.1 Å². The lowest BCUT2D eigenvalue weighted by molar-refractivity contribution is 0.503. The van der Waals surface area contributed by atoms with Crippen molar-refractivity contribution in [1.82, 2.24) is 9.55 Å². The van der Waals surface area contributed by atoms with Crippen LogP contribution in [0.2, 0.25) is 0 Å². The topological polar surface area (TPSA) is 43.8 Å². The maximum absolute atomic E-state index is 12.8. The molecule has 2 aromatic rings. The highest BCUT2D eigenvalue weighted by atomic mass is 19.1. The molecule has 0 fully saturated rings. The summed E-state index contributed by atoms with van der Waals surface area (Å²) < 4.78 is 14.8. The first-order valence-corrected chi connectivity index (χ1v) is 5.51. The molecule has 17 heavy (non-hydrogen) atoms. The molecule has 2 rings (SSSR count). The first-order chi connectivity index (χ1) is 7.97. The molecule has 90 valence electrons. The minimum absolute atomic E-state index is 0.223. The number of hydrogen-bond donors (Lipinski definition) is 1. The lowest BCUT2D eigenvalue weighted by Crippen LogP contribution is -2.31. The molecule has 1 aromatic carbocycles. The summed E-state index contributed by atoms with van der Waals surface area (Å²) in [5.74, 6) is -0.223. The molecule has 2 N–H and O–H groups in total. The molecule has 3 nitrogen and oxygen atoms in total. The Morgan fingerprint density at radius 2 is 1.94 bits per heavy atom. The van der Waals surface area contributed by atoms with Crippen molar-refractivity contribution in [2.24, 2.45) is 5.73 Å². The second kappa shape index (κ2) is 4.30. The van der Waals surface area contributed by atoms with Crippen LogP contribution in [0.25, 0.3) is 0 Å². The molecule has 1 aromatic heterocycles. The Kier molecular flexibility index (Phi) is 2.98. The van der Waals surface area contributed by atoms with Crippen LogP contribution in [0.3, 0.4) is 0 Å². The van der Waals surface area contributed by atoms with Crippen LogP contribution in [0.5, 0.6) is 0 Å². The van der Waals surface area contributed by atoms with E-state index in [0.29, 0.717) is 6.54 Å². The molecule has 0 spiro atoms. The van der Waals surface area contributed by atoms with E-state index in [1.54, 1.807) is 24.7 Å². The third-order valence-corrected chi connectivity index (χ3v) is 2.64. The van der Waals surface area contributed by atoms with Gasteiger partial charge in [-0.25, -0.2) is 9.37 Å². The van der Waals surface area contributed by atoms with E-state index in [1.165, 1.54) is 12.1 Å². The minimum Gasteiger partial charge on any atom is -0.328 e. The lowest BCUT2D eigenvalue weighted by atomic mass is 10.0. The quantitative estimate of drug-likeness (QED) is 0.883. The van der Waals surface area contributed by atoms with Gasteiger partial charge in [0.1, 0.15) is 5.82 Å². The zero-order valence-electron chi connectivity index (χ0n) is 10.0. The number of imidazole rings is 1. The fourth-order valence-corrected chi connectivity index (χ4v) is 1.77. The number of nitrogens with zero attached hydrogens (tertiary/aromatic N) is 2. The van der Waals surface area contributed by atoms with Crippen molar-refractivity contribution >= 4 is 0 Å². The molecular formula is C13H16FN3. The van der Waals surface area contributed by atoms with E-state index in [1.807, 2.05) is 18.4 Å². The maximum atomic E-state index is 12.8. The van der Waals surface area contributed by atoms with Crippen molar-refractivity contribution in [2.45, 2.75) is 25.9 Å². The molecule has 0 saturated carbocycles. The summed E-state index contributed by atoms with van der Waals surface area (Å²) in [5.41, 5.74) is 7.61. The normalized spacial score (nSPS) is 11.8. The first-order valence-electron chi connectivity index (χ1n) is 5.51. The summed E-state index contributed by atoms with van der Waals surface area (Å²) >= 11 is 0. The van der Waals surface area contributed by atoms with Gasteiger partial charge in [-0.3, -0.25) is 0 Å². The van der Waals surface area contributed by atoms with Gasteiger partial charge in [-0.2, -0.15) is 0 Å². The predicted octanol–water partition coefficient (Wildman–Crippen LogP) is 2.26. The molecule has 0 unspecified atom stereocenters. The highest BCUT2D eigenvalue weighted by Gasteiger charge is 2.18. The van der Waals surface area contributed by atoms with Gasteiger partial charge in [-0.05, 0) is 31.5 Å². The Balaban J connectivity index is 2.25. The average molecular weight is 233 g/mol. The van der Waals surface area contributed by atoms with Crippen molar-refractivity contribution in [2.75, 3.05) is 0 Å². The lowest BCUT2D eigenvalue weighted by Gasteiger charge is -2.20. The van der Waals surface area contributed by atoms with Gasteiger partial charge in [-0.15, -0.1) is 0 Å². The molecule has 0 bridgehead atoms. The van der Waals surface area contributed by atoms with Gasteiger partial charge in [0, 0.05) is 12.7 Å². The Hall–Kier alpha value is -1.68. The Morgan fingerprint density at radius 3 is 2.53 bits per heavy atom. The third kappa shape index (κ3) is 2.71. The van der Waals surface area contributed by atoms with Gasteiger partial charge in [0.05, 0.1) is 17.6 Å². The molecule has 0 amide bonds. The Morgan fingerprint density at radius 1 is 1.29 bits per heavy atom. The Labute approximate surface area is 100 Å². The molecular weight excluding hydrogens is 217 g/mol.